The first-order chi connectivity index (χ1) is 7.75. The molecule has 0 radical (unpaired) electrons. The lowest BCUT2D eigenvalue weighted by Gasteiger charge is -2.23. The lowest BCUT2D eigenvalue weighted by Crippen LogP contribution is -2.34. The highest BCUT2D eigenvalue weighted by Gasteiger charge is 2.15. The van der Waals surface area contributed by atoms with E-state index in [2.05, 4.69) is 10.3 Å². The predicted octanol–water partition coefficient (Wildman–Crippen LogP) is 2.15. The van der Waals surface area contributed by atoms with Gasteiger partial charge in [0, 0.05) is 17.8 Å². The first-order valence-electron chi connectivity index (χ1n) is 5.37. The van der Waals surface area contributed by atoms with Crippen LogP contribution in [-0.4, -0.2) is 24.2 Å². The fourth-order valence-electron chi connectivity index (χ4n) is 1.67. The van der Waals surface area contributed by atoms with Gasteiger partial charge in [-0.3, -0.25) is 0 Å². The van der Waals surface area contributed by atoms with Crippen LogP contribution in [0.5, 0.6) is 5.88 Å². The summed E-state index contributed by atoms with van der Waals surface area (Å²) in [6, 6.07) is 2.86. The van der Waals surface area contributed by atoms with Crippen molar-refractivity contribution < 1.29 is 13.5 Å². The Labute approximate surface area is 92.8 Å². The molecule has 0 aromatic carbocycles. The lowest BCUT2D eigenvalue weighted by atomic mass is 10.1. The number of nitrogens with one attached hydrogen (secondary N) is 1. The Morgan fingerprint density at radius 1 is 1.31 bits per heavy atom. The first-order valence-corrected chi connectivity index (χ1v) is 5.37. The quantitative estimate of drug-likeness (QED) is 0.860. The number of aromatic nitrogens is 1. The maximum Gasteiger partial charge on any atom is 0.265 e. The average Bonchev–Trinajstić information content (AvgIpc) is 2.31. The van der Waals surface area contributed by atoms with E-state index in [-0.39, 0.29) is 11.7 Å². The van der Waals surface area contributed by atoms with Crippen molar-refractivity contribution in [2.24, 2.45) is 0 Å². The molecular formula is C11H14F2N2O. The van der Waals surface area contributed by atoms with Gasteiger partial charge in [0.25, 0.3) is 6.43 Å². The number of hydrogen-bond donors (Lipinski definition) is 1. The van der Waals surface area contributed by atoms with Crippen molar-refractivity contribution in [3.05, 3.63) is 23.9 Å². The van der Waals surface area contributed by atoms with Crippen LogP contribution in [0.25, 0.3) is 0 Å². The normalized spacial score (nSPS) is 17.7. The Hall–Kier alpha value is -1.23. The molecule has 1 N–H and O–H groups in total. The van der Waals surface area contributed by atoms with Crippen molar-refractivity contribution in [3.63, 3.8) is 0 Å². The molecular weight excluding hydrogens is 214 g/mol. The van der Waals surface area contributed by atoms with Crippen LogP contribution in [0.2, 0.25) is 0 Å². The molecule has 0 amide bonds. The predicted molar refractivity (Wildman–Crippen MR) is 55.7 cm³/mol. The number of pyridine rings is 1. The van der Waals surface area contributed by atoms with Crippen LogP contribution in [0, 0.1) is 0 Å². The summed E-state index contributed by atoms with van der Waals surface area (Å²) < 4.78 is 30.1. The number of ether oxygens (including phenoxy) is 1. The maximum atomic E-state index is 12.3. The van der Waals surface area contributed by atoms with Gasteiger partial charge in [-0.2, -0.15) is 0 Å². The van der Waals surface area contributed by atoms with E-state index in [0.29, 0.717) is 5.88 Å². The molecule has 1 aromatic heterocycles. The summed E-state index contributed by atoms with van der Waals surface area (Å²) >= 11 is 0. The van der Waals surface area contributed by atoms with Crippen LogP contribution >= 0.6 is 0 Å². The van der Waals surface area contributed by atoms with Crippen molar-refractivity contribution in [3.8, 4) is 5.88 Å². The van der Waals surface area contributed by atoms with Gasteiger partial charge in [0.15, 0.2) is 0 Å². The molecule has 1 aliphatic rings. The third-order valence-corrected chi connectivity index (χ3v) is 2.58. The summed E-state index contributed by atoms with van der Waals surface area (Å²) in [7, 11) is 0. The van der Waals surface area contributed by atoms with Gasteiger partial charge in [0.2, 0.25) is 5.88 Å². The van der Waals surface area contributed by atoms with Gasteiger partial charge in [0.1, 0.15) is 6.10 Å². The zero-order valence-electron chi connectivity index (χ0n) is 8.83. The topological polar surface area (TPSA) is 34.1 Å². The van der Waals surface area contributed by atoms with Crippen LogP contribution in [0.3, 0.4) is 0 Å². The van der Waals surface area contributed by atoms with Crippen molar-refractivity contribution in [1.29, 1.82) is 0 Å². The van der Waals surface area contributed by atoms with Crippen molar-refractivity contribution in [2.45, 2.75) is 25.4 Å². The number of piperidine rings is 1. The summed E-state index contributed by atoms with van der Waals surface area (Å²) in [6.07, 6.45) is 0.698. The standard InChI is InChI=1S/C11H14F2N2O/c12-11(13)8-1-2-10(15-7-8)16-9-3-5-14-6-4-9/h1-2,7,9,11,14H,3-6H2. The molecule has 0 unspecified atom stereocenters. The fourth-order valence-corrected chi connectivity index (χ4v) is 1.67. The number of halogens is 2. The monoisotopic (exact) mass is 228 g/mol. The fraction of sp³-hybridized carbons (Fsp3) is 0.545. The summed E-state index contributed by atoms with van der Waals surface area (Å²) in [6.45, 7) is 1.86. The molecule has 1 aliphatic heterocycles. The Morgan fingerprint density at radius 3 is 2.62 bits per heavy atom. The minimum Gasteiger partial charge on any atom is -0.474 e. The SMILES string of the molecule is FC(F)c1ccc(OC2CCNCC2)nc1. The summed E-state index contributed by atoms with van der Waals surface area (Å²) in [5, 5.41) is 3.22. The highest BCUT2D eigenvalue weighted by Crippen LogP contribution is 2.20. The van der Waals surface area contributed by atoms with Crippen molar-refractivity contribution in [2.75, 3.05) is 13.1 Å². The molecule has 0 atom stereocenters. The average molecular weight is 228 g/mol. The number of rotatable bonds is 3. The van der Waals surface area contributed by atoms with Gasteiger partial charge in [-0.25, -0.2) is 13.8 Å². The summed E-state index contributed by atoms with van der Waals surface area (Å²) in [4.78, 5) is 3.87. The first kappa shape index (κ1) is 11.3. The highest BCUT2D eigenvalue weighted by molar-refractivity contribution is 5.18. The second-order valence-electron chi connectivity index (χ2n) is 3.80. The zero-order valence-corrected chi connectivity index (χ0v) is 8.83. The molecule has 2 rings (SSSR count). The Kier molecular flexibility index (Phi) is 3.66. The molecule has 5 heteroatoms. The van der Waals surface area contributed by atoms with Crippen molar-refractivity contribution in [1.82, 2.24) is 10.3 Å². The molecule has 1 aromatic rings. The van der Waals surface area contributed by atoms with Gasteiger partial charge in [-0.1, -0.05) is 0 Å². The molecule has 0 bridgehead atoms. The molecule has 16 heavy (non-hydrogen) atoms. The zero-order chi connectivity index (χ0) is 11.4. The van der Waals surface area contributed by atoms with Crippen LogP contribution in [0.15, 0.2) is 18.3 Å². The smallest absolute Gasteiger partial charge is 0.265 e. The van der Waals surface area contributed by atoms with Crippen LogP contribution < -0.4 is 10.1 Å². The van der Waals surface area contributed by atoms with Gasteiger partial charge < -0.3 is 10.1 Å². The third-order valence-electron chi connectivity index (χ3n) is 2.58. The Bertz CT molecular complexity index is 323. The molecule has 1 fully saturated rings. The van der Waals surface area contributed by atoms with Crippen molar-refractivity contribution >= 4 is 0 Å². The van der Waals surface area contributed by atoms with E-state index in [1.807, 2.05) is 0 Å². The van der Waals surface area contributed by atoms with Gasteiger partial charge in [0.05, 0.1) is 0 Å². The minimum atomic E-state index is -2.47. The molecule has 0 spiro atoms. The highest BCUT2D eigenvalue weighted by atomic mass is 19.3. The Morgan fingerprint density at radius 2 is 2.06 bits per heavy atom. The van der Waals surface area contributed by atoms with E-state index in [4.69, 9.17) is 4.74 Å². The lowest BCUT2D eigenvalue weighted by molar-refractivity contribution is 0.147. The van der Waals surface area contributed by atoms with E-state index < -0.39 is 6.43 Å². The van der Waals surface area contributed by atoms with Gasteiger partial charge in [-0.05, 0) is 32.0 Å². The van der Waals surface area contributed by atoms with Gasteiger partial charge in [-0.15, -0.1) is 0 Å². The number of nitrogens with zero attached hydrogens (tertiary/aromatic N) is 1. The molecule has 2 heterocycles. The second-order valence-corrected chi connectivity index (χ2v) is 3.80. The molecule has 1 saturated heterocycles. The van der Waals surface area contributed by atoms with E-state index in [0.717, 1.165) is 25.9 Å². The Balaban J connectivity index is 1.93. The van der Waals surface area contributed by atoms with E-state index in [1.54, 1.807) is 0 Å². The molecule has 3 nitrogen and oxygen atoms in total. The van der Waals surface area contributed by atoms with E-state index in [1.165, 1.54) is 18.3 Å². The molecule has 0 aliphatic carbocycles. The largest absolute Gasteiger partial charge is 0.474 e. The van der Waals surface area contributed by atoms with Gasteiger partial charge >= 0.3 is 0 Å². The minimum absolute atomic E-state index is 0.0716. The maximum absolute atomic E-state index is 12.3. The number of hydrogen-bond acceptors (Lipinski definition) is 3. The van der Waals surface area contributed by atoms with Crippen LogP contribution in [-0.2, 0) is 0 Å². The second kappa shape index (κ2) is 5.21. The van der Waals surface area contributed by atoms with Crippen LogP contribution in [0.1, 0.15) is 24.8 Å². The summed E-state index contributed by atoms with van der Waals surface area (Å²) in [5.74, 6) is 0.427. The van der Waals surface area contributed by atoms with Crippen LogP contribution in [0.4, 0.5) is 8.78 Å². The van der Waals surface area contributed by atoms with E-state index in [9.17, 15) is 8.78 Å². The van der Waals surface area contributed by atoms with E-state index >= 15 is 0 Å². The molecule has 88 valence electrons. The number of alkyl halides is 2. The molecule has 0 saturated carbocycles. The summed E-state index contributed by atoms with van der Waals surface area (Å²) in [5.41, 5.74) is -0.0716. The third kappa shape index (κ3) is 2.88.